The Morgan fingerprint density at radius 1 is 0.862 bits per heavy atom. The van der Waals surface area contributed by atoms with Gasteiger partial charge in [-0.05, 0) is 69.5 Å². The number of aryl methyl sites for hydroxylation is 1. The number of sulfone groups is 1. The van der Waals surface area contributed by atoms with Crippen LogP contribution in [0.2, 0.25) is 10.0 Å². The Balaban J connectivity index is 2.23. The summed E-state index contributed by atoms with van der Waals surface area (Å²) in [6.45, 7) is 7.30. The molecular formula is C22H22Cl2O4S. The summed E-state index contributed by atoms with van der Waals surface area (Å²) in [6, 6.07) is 10.5. The molecule has 0 aromatic heterocycles. The van der Waals surface area contributed by atoms with Gasteiger partial charge in [0.2, 0.25) is 0 Å². The minimum absolute atomic E-state index is 0.442. The van der Waals surface area contributed by atoms with E-state index in [0.717, 1.165) is 11.1 Å². The number of hydrogen-bond acceptors (Lipinski definition) is 4. The van der Waals surface area contributed by atoms with Crippen LogP contribution in [0.1, 0.15) is 44.7 Å². The lowest BCUT2D eigenvalue weighted by molar-refractivity contribution is -0.132. The van der Waals surface area contributed by atoms with Gasteiger partial charge in [0.05, 0.1) is 0 Å². The van der Waals surface area contributed by atoms with Crippen molar-refractivity contribution in [1.82, 2.24) is 0 Å². The van der Waals surface area contributed by atoms with Crippen molar-refractivity contribution in [2.24, 2.45) is 0 Å². The van der Waals surface area contributed by atoms with E-state index >= 15 is 0 Å². The van der Waals surface area contributed by atoms with Gasteiger partial charge in [-0.1, -0.05) is 41.4 Å². The SMILES string of the molecule is Cc1ccc(-c2ccc(Cl)cc2Cl)cc1C1C(=O)C(C)(C)S(=O)(=O)C(C)(C)C1=O. The highest BCUT2D eigenvalue weighted by Crippen LogP contribution is 2.45. The molecule has 29 heavy (non-hydrogen) atoms. The smallest absolute Gasteiger partial charge is 0.174 e. The highest BCUT2D eigenvalue weighted by molar-refractivity contribution is 7.95. The number of carbonyl (C=O) groups is 2. The minimum atomic E-state index is -4.00. The van der Waals surface area contributed by atoms with Crippen LogP contribution in [0.15, 0.2) is 36.4 Å². The van der Waals surface area contributed by atoms with E-state index in [9.17, 15) is 18.0 Å². The second-order valence-electron chi connectivity index (χ2n) is 8.38. The maximum Gasteiger partial charge on any atom is 0.174 e. The molecule has 1 fully saturated rings. The molecule has 0 aliphatic carbocycles. The van der Waals surface area contributed by atoms with Crippen molar-refractivity contribution in [3.05, 3.63) is 57.6 Å². The second kappa shape index (κ2) is 6.93. The van der Waals surface area contributed by atoms with Crippen molar-refractivity contribution >= 4 is 44.6 Å². The molecule has 0 radical (unpaired) electrons. The lowest BCUT2D eigenvalue weighted by atomic mass is 9.78. The number of halogens is 2. The van der Waals surface area contributed by atoms with Crippen molar-refractivity contribution in [2.75, 3.05) is 0 Å². The summed E-state index contributed by atoms with van der Waals surface area (Å²) in [5.74, 6) is -2.37. The molecule has 0 saturated carbocycles. The summed E-state index contributed by atoms with van der Waals surface area (Å²) in [4.78, 5) is 26.5. The number of hydrogen-bond donors (Lipinski definition) is 0. The normalized spacial score (nSPS) is 20.7. The number of rotatable bonds is 2. The molecule has 0 atom stereocenters. The molecule has 1 aliphatic heterocycles. The zero-order valence-electron chi connectivity index (χ0n) is 16.8. The van der Waals surface area contributed by atoms with Gasteiger partial charge in [0.1, 0.15) is 15.4 Å². The van der Waals surface area contributed by atoms with Gasteiger partial charge in [-0.15, -0.1) is 0 Å². The van der Waals surface area contributed by atoms with Gasteiger partial charge in [-0.2, -0.15) is 0 Å². The van der Waals surface area contributed by atoms with E-state index in [2.05, 4.69) is 0 Å². The summed E-state index contributed by atoms with van der Waals surface area (Å²) in [7, 11) is -4.00. The summed E-state index contributed by atoms with van der Waals surface area (Å²) in [5.41, 5.74) is 2.66. The van der Waals surface area contributed by atoms with Gasteiger partial charge < -0.3 is 0 Å². The second-order valence-corrected chi connectivity index (χ2v) is 12.3. The standard InChI is InChI=1S/C22H22Cl2O4S/c1-12-6-7-13(15-9-8-14(23)11-17(15)24)10-16(12)18-19(25)21(2,3)29(27,28)22(4,5)20(18)26/h6-11,18H,1-5H3. The molecule has 154 valence electrons. The van der Waals surface area contributed by atoms with E-state index in [1.54, 1.807) is 37.3 Å². The molecule has 1 heterocycles. The van der Waals surface area contributed by atoms with Crippen LogP contribution in [0, 0.1) is 6.92 Å². The van der Waals surface area contributed by atoms with Crippen molar-refractivity contribution < 1.29 is 18.0 Å². The predicted molar refractivity (Wildman–Crippen MR) is 116 cm³/mol. The molecule has 0 bridgehead atoms. The zero-order chi connectivity index (χ0) is 21.9. The van der Waals surface area contributed by atoms with E-state index in [4.69, 9.17) is 23.2 Å². The van der Waals surface area contributed by atoms with Gasteiger partial charge in [0, 0.05) is 15.6 Å². The Kier molecular flexibility index (Phi) is 5.26. The summed E-state index contributed by atoms with van der Waals surface area (Å²) >= 11 is 12.3. The van der Waals surface area contributed by atoms with Crippen LogP contribution < -0.4 is 0 Å². The quantitative estimate of drug-likeness (QED) is 0.588. The van der Waals surface area contributed by atoms with Gasteiger partial charge in [0.25, 0.3) is 0 Å². The molecule has 0 unspecified atom stereocenters. The topological polar surface area (TPSA) is 68.3 Å². The van der Waals surface area contributed by atoms with Crippen LogP contribution in [0.3, 0.4) is 0 Å². The van der Waals surface area contributed by atoms with E-state index in [0.29, 0.717) is 21.2 Å². The Hall–Kier alpha value is -1.69. The van der Waals surface area contributed by atoms with Gasteiger partial charge >= 0.3 is 0 Å². The zero-order valence-corrected chi connectivity index (χ0v) is 19.2. The molecule has 1 aliphatic rings. The summed E-state index contributed by atoms with van der Waals surface area (Å²) in [6.07, 6.45) is 0. The average molecular weight is 453 g/mol. The number of ketones is 2. The molecule has 2 aromatic carbocycles. The monoisotopic (exact) mass is 452 g/mol. The number of benzene rings is 2. The van der Waals surface area contributed by atoms with Crippen molar-refractivity contribution in [3.63, 3.8) is 0 Å². The fraction of sp³-hybridized carbons (Fsp3) is 0.364. The molecule has 0 amide bonds. The van der Waals surface area contributed by atoms with Crippen molar-refractivity contribution in [3.8, 4) is 11.1 Å². The molecule has 0 spiro atoms. The lowest BCUT2D eigenvalue weighted by Crippen LogP contribution is -2.63. The molecule has 2 aromatic rings. The van der Waals surface area contributed by atoms with Crippen molar-refractivity contribution in [2.45, 2.75) is 50.0 Å². The first kappa shape index (κ1) is 22.0. The third kappa shape index (κ3) is 3.15. The highest BCUT2D eigenvalue weighted by atomic mass is 35.5. The van der Waals surface area contributed by atoms with Crippen LogP contribution in [0.5, 0.6) is 0 Å². The van der Waals surface area contributed by atoms with E-state index < -0.39 is 36.8 Å². The molecule has 7 heteroatoms. The number of carbonyl (C=O) groups excluding carboxylic acids is 2. The average Bonchev–Trinajstić information content (AvgIpc) is 2.62. The van der Waals surface area contributed by atoms with Gasteiger partial charge in [-0.25, -0.2) is 8.42 Å². The molecule has 1 saturated heterocycles. The van der Waals surface area contributed by atoms with Crippen LogP contribution in [0.25, 0.3) is 11.1 Å². The fourth-order valence-corrected chi connectivity index (χ4v) is 6.40. The highest BCUT2D eigenvalue weighted by Gasteiger charge is 2.63. The van der Waals surface area contributed by atoms with Crippen molar-refractivity contribution in [1.29, 1.82) is 0 Å². The van der Waals surface area contributed by atoms with Crippen LogP contribution in [-0.2, 0) is 19.4 Å². The first-order chi connectivity index (χ1) is 13.2. The van der Waals surface area contributed by atoms with E-state index in [-0.39, 0.29) is 0 Å². The third-order valence-electron chi connectivity index (χ3n) is 5.89. The van der Waals surface area contributed by atoms with Crippen LogP contribution in [-0.4, -0.2) is 29.5 Å². The Morgan fingerprint density at radius 2 is 1.41 bits per heavy atom. The molecule has 0 N–H and O–H groups in total. The van der Waals surface area contributed by atoms with Gasteiger partial charge in [-0.3, -0.25) is 9.59 Å². The van der Waals surface area contributed by atoms with Gasteiger partial charge in [0.15, 0.2) is 21.4 Å². The third-order valence-corrected chi connectivity index (χ3v) is 9.52. The lowest BCUT2D eigenvalue weighted by Gasteiger charge is -2.42. The predicted octanol–water partition coefficient (Wildman–Crippen LogP) is 5.18. The molecular weight excluding hydrogens is 431 g/mol. The maximum absolute atomic E-state index is 13.2. The Labute approximate surface area is 181 Å². The summed E-state index contributed by atoms with van der Waals surface area (Å²) < 4.78 is 22.5. The van der Waals surface area contributed by atoms with E-state index in [1.807, 2.05) is 6.07 Å². The summed E-state index contributed by atoms with van der Waals surface area (Å²) in [5, 5.41) is 0.939. The minimum Gasteiger partial charge on any atom is -0.297 e. The first-order valence-electron chi connectivity index (χ1n) is 9.12. The Bertz CT molecular complexity index is 1110. The maximum atomic E-state index is 13.2. The molecule has 3 rings (SSSR count). The fourth-order valence-electron chi connectivity index (χ4n) is 3.84. The van der Waals surface area contributed by atoms with Crippen LogP contribution >= 0.6 is 23.2 Å². The van der Waals surface area contributed by atoms with E-state index in [1.165, 1.54) is 27.7 Å². The molecule has 4 nitrogen and oxygen atoms in total. The van der Waals surface area contributed by atoms with Crippen LogP contribution in [0.4, 0.5) is 0 Å². The Morgan fingerprint density at radius 3 is 1.93 bits per heavy atom. The largest absolute Gasteiger partial charge is 0.297 e. The number of Topliss-reactive ketones (excluding diaryl/α,β-unsaturated/α-hetero) is 2. The first-order valence-corrected chi connectivity index (χ1v) is 11.4.